The van der Waals surface area contributed by atoms with E-state index < -0.39 is 16.6 Å². The monoisotopic (exact) mass is 523 g/mol. The van der Waals surface area contributed by atoms with Gasteiger partial charge in [-0.15, -0.1) is 11.3 Å². The maximum absolute atomic E-state index is 6.84. The molecule has 2 rings (SSSR count). The van der Waals surface area contributed by atoms with Crippen LogP contribution in [0.5, 0.6) is 0 Å². The highest BCUT2D eigenvalue weighted by Gasteiger charge is 2.41. The Morgan fingerprint density at radius 2 is 1.64 bits per heavy atom. The number of hydrogen-bond acceptors (Lipinski definition) is 5. The molecule has 1 aromatic carbocycles. The first-order valence-corrected chi connectivity index (χ1v) is 19.6. The average Bonchev–Trinajstić information content (AvgIpc) is 3.09. The highest BCUT2D eigenvalue weighted by Crippen LogP contribution is 2.39. The molecule has 0 amide bonds. The van der Waals surface area contributed by atoms with Crippen molar-refractivity contribution in [3.8, 4) is 0 Å². The van der Waals surface area contributed by atoms with Crippen LogP contribution in [0, 0.1) is 0 Å². The molecule has 2 aromatic rings. The summed E-state index contributed by atoms with van der Waals surface area (Å²) in [4.78, 5) is 4.75. The fourth-order valence-electron chi connectivity index (χ4n) is 2.74. The molecule has 3 nitrogen and oxygen atoms in total. The largest absolute Gasteiger partial charge is 0.414 e. The first-order valence-electron chi connectivity index (χ1n) is 12.0. The molecule has 0 aliphatic carbocycles. The van der Waals surface area contributed by atoms with Gasteiger partial charge < -0.3 is 8.85 Å². The Labute approximate surface area is 213 Å². The number of hydrogen-bond donors (Lipinski definition) is 0. The molecule has 0 bridgehead atoms. The van der Waals surface area contributed by atoms with Crippen molar-refractivity contribution in [1.29, 1.82) is 0 Å². The number of thiazole rings is 1. The van der Waals surface area contributed by atoms with Crippen LogP contribution >= 0.6 is 23.1 Å². The second kappa shape index (κ2) is 11.1. The van der Waals surface area contributed by atoms with Crippen LogP contribution in [-0.2, 0) is 8.85 Å². The highest BCUT2D eigenvalue weighted by molar-refractivity contribution is 8.01. The molecule has 7 heteroatoms. The Balaban J connectivity index is 2.05. The molecule has 0 aliphatic rings. The van der Waals surface area contributed by atoms with Crippen molar-refractivity contribution in [3.05, 3.63) is 35.9 Å². The molecule has 0 N–H and O–H groups in total. The molecule has 1 aromatic heterocycles. The van der Waals surface area contributed by atoms with Crippen LogP contribution in [0.4, 0.5) is 0 Å². The van der Waals surface area contributed by atoms with Gasteiger partial charge in [0.25, 0.3) is 0 Å². The van der Waals surface area contributed by atoms with E-state index in [0.717, 1.165) is 22.0 Å². The van der Waals surface area contributed by atoms with E-state index >= 15 is 0 Å². The molecule has 1 atom stereocenters. The fourth-order valence-corrected chi connectivity index (χ4v) is 7.14. The summed E-state index contributed by atoms with van der Waals surface area (Å²) in [6, 6.07) is 8.36. The number of benzene rings is 1. The van der Waals surface area contributed by atoms with Crippen molar-refractivity contribution < 1.29 is 8.85 Å². The molecule has 0 unspecified atom stereocenters. The number of nitrogens with zero attached hydrogens (tertiary/aromatic N) is 1. The van der Waals surface area contributed by atoms with Crippen LogP contribution < -0.4 is 0 Å². The summed E-state index contributed by atoms with van der Waals surface area (Å²) in [5.41, 5.74) is 2.47. The highest BCUT2D eigenvalue weighted by atomic mass is 32.2. The minimum absolute atomic E-state index is 0.0995. The zero-order valence-electron chi connectivity index (χ0n) is 22.7. The Kier molecular flexibility index (Phi) is 9.67. The molecule has 1 heterocycles. The maximum atomic E-state index is 6.84. The molecule has 0 fully saturated rings. The average molecular weight is 524 g/mol. The number of aromatic nitrogens is 1. The second-order valence-electron chi connectivity index (χ2n) is 12.1. The molecule has 0 aliphatic heterocycles. The van der Waals surface area contributed by atoms with E-state index in [2.05, 4.69) is 105 Å². The molecule has 0 spiro atoms. The van der Waals surface area contributed by atoms with E-state index in [4.69, 9.17) is 13.8 Å². The van der Waals surface area contributed by atoms with Gasteiger partial charge in [-0.2, -0.15) is 0 Å². The third-order valence-corrected chi connectivity index (χ3v) is 18.5. The molecule has 0 saturated heterocycles. The van der Waals surface area contributed by atoms with Crippen LogP contribution in [0.3, 0.4) is 0 Å². The topological polar surface area (TPSA) is 31.4 Å². The first-order chi connectivity index (χ1) is 15.0. The van der Waals surface area contributed by atoms with E-state index in [-0.39, 0.29) is 16.2 Å². The maximum Gasteiger partial charge on any atom is 0.192 e. The Hall–Kier alpha value is -0.446. The van der Waals surface area contributed by atoms with E-state index in [1.807, 2.05) is 11.8 Å². The first kappa shape index (κ1) is 28.8. The van der Waals surface area contributed by atoms with Crippen LogP contribution in [0.1, 0.15) is 54.9 Å². The van der Waals surface area contributed by atoms with Crippen molar-refractivity contribution in [3.63, 3.8) is 0 Å². The van der Waals surface area contributed by atoms with Gasteiger partial charge in [0.2, 0.25) is 0 Å². The lowest BCUT2D eigenvalue weighted by atomic mass is 10.2. The standard InChI is InChI=1S/C26H45NO2S2Si2/c1-20(19-30-24-27-22-14-12-13-15-23(22)31-24)16-17-21(29-33(10,11)26(5,6)7)18-28-32(8,9)25(2,3)4/h12-16,21H,17-19H2,1-11H3/b20-16+/t21-/m0/s1. The van der Waals surface area contributed by atoms with Crippen molar-refractivity contribution in [1.82, 2.24) is 4.98 Å². The molecule has 33 heavy (non-hydrogen) atoms. The summed E-state index contributed by atoms with van der Waals surface area (Å²) < 4.78 is 15.8. The van der Waals surface area contributed by atoms with Gasteiger partial charge in [0.1, 0.15) is 0 Å². The lowest BCUT2D eigenvalue weighted by molar-refractivity contribution is 0.109. The number of rotatable bonds is 10. The molecule has 0 radical (unpaired) electrons. The van der Waals surface area contributed by atoms with Crippen molar-refractivity contribution in [2.24, 2.45) is 0 Å². The van der Waals surface area contributed by atoms with Crippen LogP contribution in [0.2, 0.25) is 36.3 Å². The Morgan fingerprint density at radius 3 is 2.21 bits per heavy atom. The van der Waals surface area contributed by atoms with Gasteiger partial charge in [-0.25, -0.2) is 4.98 Å². The normalized spacial score (nSPS) is 15.3. The Morgan fingerprint density at radius 1 is 1.03 bits per heavy atom. The Bertz CT molecular complexity index is 907. The predicted molar refractivity (Wildman–Crippen MR) is 154 cm³/mol. The van der Waals surface area contributed by atoms with Crippen molar-refractivity contribution in [2.45, 2.75) is 102 Å². The van der Waals surface area contributed by atoms with Crippen molar-refractivity contribution in [2.75, 3.05) is 12.4 Å². The number of thioether (sulfide) groups is 1. The van der Waals surface area contributed by atoms with Gasteiger partial charge in [-0.05, 0) is 61.7 Å². The van der Waals surface area contributed by atoms with E-state index in [1.54, 1.807) is 11.3 Å². The second-order valence-corrected chi connectivity index (χ2v) is 23.9. The minimum Gasteiger partial charge on any atom is -0.414 e. The van der Waals surface area contributed by atoms with Crippen molar-refractivity contribution >= 4 is 50.0 Å². The summed E-state index contributed by atoms with van der Waals surface area (Å²) in [5, 5.41) is 0.387. The zero-order valence-corrected chi connectivity index (χ0v) is 26.3. The van der Waals surface area contributed by atoms with Gasteiger partial charge >= 0.3 is 0 Å². The molecule has 0 saturated carbocycles. The zero-order chi connectivity index (χ0) is 25.1. The smallest absolute Gasteiger partial charge is 0.192 e. The predicted octanol–water partition coefficient (Wildman–Crippen LogP) is 9.14. The van der Waals surface area contributed by atoms with Crippen LogP contribution in [-0.4, -0.2) is 40.1 Å². The minimum atomic E-state index is -1.88. The number of fused-ring (bicyclic) bond motifs is 1. The SMILES string of the molecule is C/C(=C\C[C@@H](CO[Si](C)(C)C(C)(C)C)O[Si](C)(C)C(C)(C)C)CSc1nc2ccccc2s1. The van der Waals surface area contributed by atoms with Gasteiger partial charge in [-0.3, -0.25) is 0 Å². The third kappa shape index (κ3) is 8.32. The third-order valence-electron chi connectivity index (χ3n) is 7.13. The summed E-state index contributed by atoms with van der Waals surface area (Å²) in [5.74, 6) is 0.954. The summed E-state index contributed by atoms with van der Waals surface area (Å²) in [6.07, 6.45) is 3.35. The van der Waals surface area contributed by atoms with Gasteiger partial charge in [0.15, 0.2) is 21.0 Å². The van der Waals surface area contributed by atoms with Gasteiger partial charge in [-0.1, -0.05) is 77.1 Å². The lowest BCUT2D eigenvalue weighted by Gasteiger charge is -2.41. The lowest BCUT2D eigenvalue weighted by Crippen LogP contribution is -2.47. The van der Waals surface area contributed by atoms with E-state index in [0.29, 0.717) is 6.61 Å². The van der Waals surface area contributed by atoms with Crippen LogP contribution in [0.15, 0.2) is 40.3 Å². The van der Waals surface area contributed by atoms with Gasteiger partial charge in [0.05, 0.1) is 22.9 Å². The number of para-hydroxylation sites is 1. The summed E-state index contributed by atoms with van der Waals surface area (Å²) in [6.45, 7) is 26.0. The summed E-state index contributed by atoms with van der Waals surface area (Å²) >= 11 is 3.60. The van der Waals surface area contributed by atoms with E-state index in [1.165, 1.54) is 10.3 Å². The van der Waals surface area contributed by atoms with Crippen LogP contribution in [0.25, 0.3) is 10.2 Å². The molecule has 186 valence electrons. The summed E-state index contributed by atoms with van der Waals surface area (Å²) in [7, 11) is -3.70. The van der Waals surface area contributed by atoms with Gasteiger partial charge in [0, 0.05) is 5.75 Å². The fraction of sp³-hybridized carbons (Fsp3) is 0.654. The molecular weight excluding hydrogens is 479 g/mol. The molecular formula is C26H45NO2S2Si2. The van der Waals surface area contributed by atoms with E-state index in [9.17, 15) is 0 Å². The quantitative estimate of drug-likeness (QED) is 0.176.